The van der Waals surface area contributed by atoms with E-state index in [0.717, 1.165) is 17.7 Å². The van der Waals surface area contributed by atoms with Crippen LogP contribution in [0.1, 0.15) is 11.3 Å². The highest BCUT2D eigenvalue weighted by atomic mass is 32.2. The summed E-state index contributed by atoms with van der Waals surface area (Å²) in [6, 6.07) is 5.38. The average molecular weight is 385 g/mol. The van der Waals surface area contributed by atoms with Crippen molar-refractivity contribution in [3.05, 3.63) is 41.7 Å². The lowest BCUT2D eigenvalue weighted by Crippen LogP contribution is -2.16. The number of rotatable bonds is 5. The summed E-state index contributed by atoms with van der Waals surface area (Å²) in [5, 5.41) is 0.146. The van der Waals surface area contributed by atoms with Crippen molar-refractivity contribution in [1.29, 1.82) is 0 Å². The maximum atomic E-state index is 12.6. The fourth-order valence-electron chi connectivity index (χ4n) is 2.39. The molecule has 138 valence electrons. The number of nitrogens with one attached hydrogen (secondary N) is 1. The van der Waals surface area contributed by atoms with E-state index in [1.165, 1.54) is 13.2 Å². The van der Waals surface area contributed by atoms with Gasteiger partial charge in [-0.05, 0) is 25.1 Å². The van der Waals surface area contributed by atoms with E-state index in [4.69, 9.17) is 4.74 Å². The smallest absolute Gasteiger partial charge is 0.573 e. The molecule has 10 heteroatoms. The fourth-order valence-corrected chi connectivity index (χ4v) is 3.49. The molecular weight excluding hydrogens is 371 g/mol. The molecule has 0 saturated carbocycles. The summed E-state index contributed by atoms with van der Waals surface area (Å²) >= 11 is -1.56. The molecule has 0 saturated heterocycles. The standard InChI is InChI=1S/C16H14F3N3O3S/c1-9-13(20-6-5-14(9)24-2)8-26(23)15-21-11-4-3-10(7-12(11)22-15)25-16(17,18)19/h3-7H,8H2,1-2H3,(H,21,22)/t26-/m1/s1. The Balaban J connectivity index is 1.83. The molecule has 2 aromatic heterocycles. The first-order chi connectivity index (χ1) is 12.3. The van der Waals surface area contributed by atoms with Crippen molar-refractivity contribution < 1.29 is 27.2 Å². The Hall–Kier alpha value is -2.46. The van der Waals surface area contributed by atoms with Crippen LogP contribution in [0.5, 0.6) is 11.5 Å². The van der Waals surface area contributed by atoms with E-state index in [0.29, 0.717) is 17.0 Å². The zero-order chi connectivity index (χ0) is 18.9. The maximum Gasteiger partial charge on any atom is 0.573 e. The lowest BCUT2D eigenvalue weighted by molar-refractivity contribution is -0.274. The van der Waals surface area contributed by atoms with Crippen LogP contribution in [-0.2, 0) is 16.9 Å². The molecule has 0 radical (unpaired) electrons. The Morgan fingerprint density at radius 2 is 2.04 bits per heavy atom. The van der Waals surface area contributed by atoms with Crippen LogP contribution in [0, 0.1) is 6.92 Å². The maximum absolute atomic E-state index is 12.6. The lowest BCUT2D eigenvalue weighted by atomic mass is 10.2. The van der Waals surface area contributed by atoms with Crippen molar-refractivity contribution in [2.45, 2.75) is 24.2 Å². The quantitative estimate of drug-likeness (QED) is 0.680. The number of fused-ring (bicyclic) bond motifs is 1. The summed E-state index contributed by atoms with van der Waals surface area (Å²) in [6.07, 6.45) is -3.23. The van der Waals surface area contributed by atoms with Crippen molar-refractivity contribution in [2.24, 2.45) is 0 Å². The topological polar surface area (TPSA) is 83.1 Å². The van der Waals surface area contributed by atoms with Gasteiger partial charge in [-0.25, -0.2) is 0 Å². The zero-order valence-electron chi connectivity index (χ0n) is 13.8. The Kier molecular flexibility index (Phi) is 4.97. The monoisotopic (exact) mass is 385 g/mol. The highest BCUT2D eigenvalue weighted by molar-refractivity contribution is 7.90. The van der Waals surface area contributed by atoms with Crippen molar-refractivity contribution in [1.82, 2.24) is 15.0 Å². The van der Waals surface area contributed by atoms with Crippen molar-refractivity contribution in [3.63, 3.8) is 0 Å². The van der Waals surface area contributed by atoms with E-state index in [1.54, 1.807) is 19.2 Å². The second-order valence-electron chi connectivity index (χ2n) is 5.34. The Labute approximate surface area is 149 Å². The molecule has 1 atom stereocenters. The molecule has 3 aromatic rings. The van der Waals surface area contributed by atoms with Gasteiger partial charge in [-0.3, -0.25) is 9.97 Å². The van der Waals surface area contributed by atoms with Crippen LogP contribution < -0.4 is 9.47 Å². The number of nitrogens with zero attached hydrogens (tertiary/aromatic N) is 2. The average Bonchev–Trinajstić information content (AvgIpc) is 2.98. The largest absolute Gasteiger partial charge is 0.609 e. The number of hydrogen-bond donors (Lipinski definition) is 1. The number of imidazole rings is 1. The predicted octanol–water partition coefficient (Wildman–Crippen LogP) is 3.48. The van der Waals surface area contributed by atoms with E-state index in [1.807, 2.05) is 0 Å². The summed E-state index contributed by atoms with van der Waals surface area (Å²) in [7, 11) is 1.53. The van der Waals surface area contributed by atoms with Gasteiger partial charge in [-0.2, -0.15) is 4.98 Å². The van der Waals surface area contributed by atoms with Gasteiger partial charge in [0.1, 0.15) is 11.5 Å². The molecule has 26 heavy (non-hydrogen) atoms. The number of benzene rings is 1. The van der Waals surface area contributed by atoms with Crippen molar-refractivity contribution in [3.8, 4) is 11.5 Å². The Morgan fingerprint density at radius 3 is 2.73 bits per heavy atom. The molecule has 1 aromatic carbocycles. The van der Waals surface area contributed by atoms with E-state index < -0.39 is 17.5 Å². The van der Waals surface area contributed by atoms with Crippen LogP contribution in [0.3, 0.4) is 0 Å². The molecular formula is C16H14F3N3O3S. The van der Waals surface area contributed by atoms with Gasteiger partial charge >= 0.3 is 11.5 Å². The SMILES string of the molecule is COc1ccnc(C[S@@+]([O-])c2nc3cc(OC(F)(F)F)ccc3[nH]2)c1C. The van der Waals surface area contributed by atoms with Crippen LogP contribution in [0.2, 0.25) is 0 Å². The third kappa shape index (κ3) is 4.02. The molecule has 0 aliphatic carbocycles. The molecule has 0 spiro atoms. The third-order valence-corrected chi connectivity index (χ3v) is 4.79. The van der Waals surface area contributed by atoms with E-state index in [9.17, 15) is 17.7 Å². The second-order valence-corrected chi connectivity index (χ2v) is 6.71. The number of alkyl halides is 3. The number of aromatic nitrogens is 3. The van der Waals surface area contributed by atoms with Crippen LogP contribution in [0.15, 0.2) is 35.6 Å². The van der Waals surface area contributed by atoms with Crippen molar-refractivity contribution >= 4 is 22.2 Å². The molecule has 6 nitrogen and oxygen atoms in total. The predicted molar refractivity (Wildman–Crippen MR) is 88.4 cm³/mol. The summed E-state index contributed by atoms with van der Waals surface area (Å²) in [5.41, 5.74) is 2.04. The van der Waals surface area contributed by atoms with Crippen LogP contribution in [-0.4, -0.2) is 33.0 Å². The molecule has 3 rings (SSSR count). The second kappa shape index (κ2) is 7.04. The van der Waals surface area contributed by atoms with Crippen LogP contribution in [0.25, 0.3) is 11.0 Å². The minimum atomic E-state index is -4.79. The summed E-state index contributed by atoms with van der Waals surface area (Å²) in [5.74, 6) is 0.332. The molecule has 0 fully saturated rings. The highest BCUT2D eigenvalue weighted by Gasteiger charge is 2.31. The first kappa shape index (κ1) is 18.3. The van der Waals surface area contributed by atoms with Gasteiger partial charge in [-0.15, -0.1) is 13.2 Å². The number of H-pyrrole nitrogens is 1. The minimum absolute atomic E-state index is 0.0920. The highest BCUT2D eigenvalue weighted by Crippen LogP contribution is 2.27. The summed E-state index contributed by atoms with van der Waals surface area (Å²) < 4.78 is 58.5. The van der Waals surface area contributed by atoms with Crippen LogP contribution in [0.4, 0.5) is 13.2 Å². The van der Waals surface area contributed by atoms with Gasteiger partial charge in [0.05, 0.1) is 23.8 Å². The van der Waals surface area contributed by atoms with Gasteiger partial charge in [0.15, 0.2) is 5.75 Å². The lowest BCUT2D eigenvalue weighted by Gasteiger charge is -2.10. The van der Waals surface area contributed by atoms with E-state index in [2.05, 4.69) is 19.7 Å². The van der Waals surface area contributed by atoms with Gasteiger partial charge in [0.25, 0.3) is 0 Å². The number of pyridine rings is 1. The first-order valence-corrected chi connectivity index (χ1v) is 8.71. The number of aromatic amines is 1. The third-order valence-electron chi connectivity index (χ3n) is 3.63. The van der Waals surface area contributed by atoms with Gasteiger partial charge in [0, 0.05) is 29.0 Å². The minimum Gasteiger partial charge on any atom is -0.609 e. The van der Waals surface area contributed by atoms with Gasteiger partial charge in [-0.1, -0.05) is 0 Å². The zero-order valence-corrected chi connectivity index (χ0v) is 14.6. The van der Waals surface area contributed by atoms with Gasteiger partial charge in [0.2, 0.25) is 0 Å². The molecule has 0 amide bonds. The number of hydrogen-bond acceptors (Lipinski definition) is 5. The number of halogens is 3. The van der Waals surface area contributed by atoms with Crippen molar-refractivity contribution in [2.75, 3.05) is 7.11 Å². The van der Waals surface area contributed by atoms with E-state index in [-0.39, 0.29) is 22.2 Å². The molecule has 0 aliphatic heterocycles. The fraction of sp³-hybridized carbons (Fsp3) is 0.250. The van der Waals surface area contributed by atoms with Gasteiger partial charge < -0.3 is 14.0 Å². The number of methoxy groups -OCH3 is 1. The normalized spacial score (nSPS) is 13.0. The first-order valence-electron chi connectivity index (χ1n) is 7.39. The van der Waals surface area contributed by atoms with E-state index >= 15 is 0 Å². The number of ether oxygens (including phenoxy) is 2. The molecule has 1 N–H and O–H groups in total. The molecule has 2 heterocycles. The molecule has 0 bridgehead atoms. The summed E-state index contributed by atoms with van der Waals surface area (Å²) in [4.78, 5) is 11.2. The Morgan fingerprint density at radius 1 is 1.27 bits per heavy atom. The Bertz CT molecular complexity index is 930. The molecule has 0 unspecified atom stereocenters. The molecule has 0 aliphatic rings. The summed E-state index contributed by atoms with van der Waals surface area (Å²) in [6.45, 7) is 1.80. The van der Waals surface area contributed by atoms with Crippen LogP contribution >= 0.6 is 0 Å².